The van der Waals surface area contributed by atoms with Gasteiger partial charge in [-0.2, -0.15) is 5.26 Å². The number of ether oxygens (including phenoxy) is 1. The van der Waals surface area contributed by atoms with Gasteiger partial charge >= 0.3 is 5.69 Å². The highest BCUT2D eigenvalue weighted by atomic mass is 35.5. The number of nitrogens with zero attached hydrogens (tertiary/aromatic N) is 2. The molecule has 0 aromatic heterocycles. The number of benzene rings is 2. The fourth-order valence-corrected chi connectivity index (χ4v) is 1.81. The van der Waals surface area contributed by atoms with Gasteiger partial charge in [0, 0.05) is 17.2 Å². The second-order valence-corrected chi connectivity index (χ2v) is 4.52. The van der Waals surface area contributed by atoms with Gasteiger partial charge in [-0.15, -0.1) is 0 Å². The number of aryl methyl sites for hydroxylation is 1. The Labute approximate surface area is 120 Å². The van der Waals surface area contributed by atoms with Crippen LogP contribution in [0.15, 0.2) is 36.4 Å². The normalized spacial score (nSPS) is 9.85. The number of hydrogen-bond acceptors (Lipinski definition) is 4. The summed E-state index contributed by atoms with van der Waals surface area (Å²) in [6.45, 7) is 1.79. The van der Waals surface area contributed by atoms with Gasteiger partial charge < -0.3 is 4.74 Å². The van der Waals surface area contributed by atoms with Crippen molar-refractivity contribution in [3.63, 3.8) is 0 Å². The van der Waals surface area contributed by atoms with Crippen molar-refractivity contribution in [1.29, 1.82) is 5.26 Å². The van der Waals surface area contributed by atoms with Crippen LogP contribution >= 0.6 is 11.6 Å². The third-order valence-electron chi connectivity index (χ3n) is 2.60. The van der Waals surface area contributed by atoms with Gasteiger partial charge in [0.15, 0.2) is 0 Å². The summed E-state index contributed by atoms with van der Waals surface area (Å²) in [6.07, 6.45) is 0. The molecule has 20 heavy (non-hydrogen) atoms. The number of nitro groups is 1. The topological polar surface area (TPSA) is 76.2 Å². The standard InChI is InChI=1S/C14H9ClN2O3/c1-9-2-5-12(17(18)19)14(6-9)20-13-7-11(15)4-3-10(13)8-16/h2-7H,1H3. The Morgan fingerprint density at radius 1 is 1.25 bits per heavy atom. The van der Waals surface area contributed by atoms with E-state index in [9.17, 15) is 10.1 Å². The first kappa shape index (κ1) is 13.8. The van der Waals surface area contributed by atoms with Crippen molar-refractivity contribution in [1.82, 2.24) is 0 Å². The van der Waals surface area contributed by atoms with Crippen LogP contribution in [0.25, 0.3) is 0 Å². The number of halogens is 1. The summed E-state index contributed by atoms with van der Waals surface area (Å²) < 4.78 is 5.51. The predicted octanol–water partition coefficient (Wildman–Crippen LogP) is 4.22. The van der Waals surface area contributed by atoms with Crippen molar-refractivity contribution in [2.45, 2.75) is 6.92 Å². The molecule has 0 N–H and O–H groups in total. The minimum Gasteiger partial charge on any atom is -0.449 e. The smallest absolute Gasteiger partial charge is 0.311 e. The Morgan fingerprint density at radius 3 is 2.65 bits per heavy atom. The molecule has 2 aromatic carbocycles. The van der Waals surface area contributed by atoms with Crippen molar-refractivity contribution in [3.8, 4) is 17.6 Å². The van der Waals surface area contributed by atoms with Gasteiger partial charge in [0.05, 0.1) is 10.5 Å². The Morgan fingerprint density at radius 2 is 2.00 bits per heavy atom. The number of hydrogen-bond donors (Lipinski definition) is 0. The summed E-state index contributed by atoms with van der Waals surface area (Å²) in [7, 11) is 0. The lowest BCUT2D eigenvalue weighted by Crippen LogP contribution is -1.95. The second-order valence-electron chi connectivity index (χ2n) is 4.08. The number of rotatable bonds is 3. The minimum atomic E-state index is -0.536. The van der Waals surface area contributed by atoms with Crippen LogP contribution in [-0.2, 0) is 0 Å². The Hall–Kier alpha value is -2.58. The molecule has 0 saturated carbocycles. The highest BCUT2D eigenvalue weighted by Gasteiger charge is 2.17. The van der Waals surface area contributed by atoms with E-state index in [-0.39, 0.29) is 22.7 Å². The van der Waals surface area contributed by atoms with Crippen LogP contribution in [0.3, 0.4) is 0 Å². The van der Waals surface area contributed by atoms with Crippen LogP contribution in [0.4, 0.5) is 5.69 Å². The van der Waals surface area contributed by atoms with Gasteiger partial charge in [-0.05, 0) is 30.7 Å². The molecular weight excluding hydrogens is 280 g/mol. The lowest BCUT2D eigenvalue weighted by Gasteiger charge is -2.09. The molecule has 2 aromatic rings. The van der Waals surface area contributed by atoms with Crippen LogP contribution in [0, 0.1) is 28.4 Å². The molecule has 0 saturated heterocycles. The van der Waals surface area contributed by atoms with Gasteiger partial charge in [0.1, 0.15) is 11.8 Å². The Balaban J connectivity index is 2.50. The van der Waals surface area contributed by atoms with Gasteiger partial charge in [-0.3, -0.25) is 10.1 Å². The monoisotopic (exact) mass is 288 g/mol. The summed E-state index contributed by atoms with van der Waals surface area (Å²) >= 11 is 5.85. The Bertz CT molecular complexity index is 723. The Kier molecular flexibility index (Phi) is 3.87. The van der Waals surface area contributed by atoms with Crippen LogP contribution in [-0.4, -0.2) is 4.92 Å². The van der Waals surface area contributed by atoms with Gasteiger partial charge in [0.25, 0.3) is 0 Å². The van der Waals surface area contributed by atoms with Crippen molar-refractivity contribution in [2.75, 3.05) is 0 Å². The van der Waals surface area contributed by atoms with Crippen LogP contribution in [0.5, 0.6) is 11.5 Å². The lowest BCUT2D eigenvalue weighted by atomic mass is 10.2. The molecule has 0 bridgehead atoms. The van der Waals surface area contributed by atoms with E-state index in [4.69, 9.17) is 21.6 Å². The third-order valence-corrected chi connectivity index (χ3v) is 2.83. The van der Waals surface area contributed by atoms with E-state index in [2.05, 4.69) is 0 Å². The van der Waals surface area contributed by atoms with Gasteiger partial charge in [-0.25, -0.2) is 0 Å². The molecule has 0 fully saturated rings. The summed E-state index contributed by atoms with van der Waals surface area (Å²) in [4.78, 5) is 10.4. The molecular formula is C14H9ClN2O3. The highest BCUT2D eigenvalue weighted by molar-refractivity contribution is 6.30. The van der Waals surface area contributed by atoms with E-state index in [0.29, 0.717) is 5.02 Å². The first-order chi connectivity index (χ1) is 9.51. The zero-order chi connectivity index (χ0) is 14.7. The van der Waals surface area contributed by atoms with Crippen molar-refractivity contribution in [2.24, 2.45) is 0 Å². The molecule has 0 atom stereocenters. The maximum atomic E-state index is 11.0. The molecule has 2 rings (SSSR count). The quantitative estimate of drug-likeness (QED) is 0.626. The maximum absolute atomic E-state index is 11.0. The van der Waals surface area contributed by atoms with E-state index in [1.165, 1.54) is 18.2 Å². The summed E-state index contributed by atoms with van der Waals surface area (Å²) in [6, 6.07) is 11.0. The van der Waals surface area contributed by atoms with E-state index in [0.717, 1.165) is 5.56 Å². The van der Waals surface area contributed by atoms with E-state index < -0.39 is 4.92 Å². The van der Waals surface area contributed by atoms with Crippen LogP contribution in [0.2, 0.25) is 5.02 Å². The van der Waals surface area contributed by atoms with Gasteiger partial charge in [0.2, 0.25) is 5.75 Å². The molecule has 0 aliphatic carbocycles. The molecule has 0 radical (unpaired) electrons. The SMILES string of the molecule is Cc1ccc([N+](=O)[O-])c(Oc2cc(Cl)ccc2C#N)c1. The summed E-state index contributed by atoms with van der Waals surface area (Å²) in [5.41, 5.74) is 0.899. The third kappa shape index (κ3) is 2.87. The van der Waals surface area contributed by atoms with Crippen LogP contribution in [0.1, 0.15) is 11.1 Å². The highest BCUT2D eigenvalue weighted by Crippen LogP contribution is 2.34. The fraction of sp³-hybridized carbons (Fsp3) is 0.0714. The number of nitriles is 1. The second kappa shape index (κ2) is 5.59. The molecule has 0 amide bonds. The largest absolute Gasteiger partial charge is 0.449 e. The number of nitro benzene ring substituents is 1. The average molecular weight is 289 g/mol. The molecule has 100 valence electrons. The molecule has 0 aliphatic rings. The van der Waals surface area contributed by atoms with Gasteiger partial charge in [-0.1, -0.05) is 17.7 Å². The van der Waals surface area contributed by atoms with Crippen molar-refractivity contribution < 1.29 is 9.66 Å². The lowest BCUT2D eigenvalue weighted by molar-refractivity contribution is -0.385. The molecule has 6 heteroatoms. The molecule has 0 heterocycles. The maximum Gasteiger partial charge on any atom is 0.311 e. The molecule has 0 unspecified atom stereocenters. The minimum absolute atomic E-state index is 0.0776. The zero-order valence-corrected chi connectivity index (χ0v) is 11.2. The average Bonchev–Trinajstić information content (AvgIpc) is 2.38. The van der Waals surface area contributed by atoms with Crippen molar-refractivity contribution >= 4 is 17.3 Å². The molecule has 5 nitrogen and oxygen atoms in total. The first-order valence-corrected chi connectivity index (χ1v) is 6.01. The van der Waals surface area contributed by atoms with Crippen molar-refractivity contribution in [3.05, 3.63) is 62.7 Å². The predicted molar refractivity (Wildman–Crippen MR) is 74.1 cm³/mol. The van der Waals surface area contributed by atoms with Crippen LogP contribution < -0.4 is 4.74 Å². The fourth-order valence-electron chi connectivity index (χ4n) is 1.65. The molecule has 0 spiro atoms. The first-order valence-electron chi connectivity index (χ1n) is 5.64. The van der Waals surface area contributed by atoms with E-state index in [1.54, 1.807) is 25.1 Å². The molecule has 0 aliphatic heterocycles. The summed E-state index contributed by atoms with van der Waals surface area (Å²) in [5, 5.41) is 20.4. The summed E-state index contributed by atoms with van der Waals surface area (Å²) in [5.74, 6) is 0.266. The zero-order valence-electron chi connectivity index (χ0n) is 10.5. The van der Waals surface area contributed by atoms with E-state index >= 15 is 0 Å². The van der Waals surface area contributed by atoms with E-state index in [1.807, 2.05) is 6.07 Å².